The zero-order valence-electron chi connectivity index (χ0n) is 11.3. The number of aliphatic carboxylic acids is 1. The maximum absolute atomic E-state index is 11.5. The van der Waals surface area contributed by atoms with Crippen LogP contribution in [0.1, 0.15) is 49.4 Å². The second kappa shape index (κ2) is 5.02. The lowest BCUT2D eigenvalue weighted by atomic mass is 9.95. The van der Waals surface area contributed by atoms with E-state index >= 15 is 0 Å². The Balaban J connectivity index is 2.26. The van der Waals surface area contributed by atoms with Gasteiger partial charge in [0.1, 0.15) is 6.04 Å². The van der Waals surface area contributed by atoms with Gasteiger partial charge >= 0.3 is 5.97 Å². The van der Waals surface area contributed by atoms with E-state index in [4.69, 9.17) is 0 Å². The molecule has 0 radical (unpaired) electrons. The molecule has 1 unspecified atom stereocenters. The SMILES string of the molecule is CC(C)(C)c1ccc(C(C(=O)O)N2CCCC2)s1. The molecule has 1 aromatic heterocycles. The van der Waals surface area contributed by atoms with Crippen LogP contribution in [0.5, 0.6) is 0 Å². The minimum atomic E-state index is -0.723. The van der Waals surface area contributed by atoms with Crippen molar-refractivity contribution in [1.82, 2.24) is 4.90 Å². The van der Waals surface area contributed by atoms with Gasteiger partial charge in [-0.3, -0.25) is 9.69 Å². The summed E-state index contributed by atoms with van der Waals surface area (Å²) in [6, 6.07) is 3.61. The maximum atomic E-state index is 11.5. The monoisotopic (exact) mass is 267 g/mol. The summed E-state index contributed by atoms with van der Waals surface area (Å²) in [5, 5.41) is 9.46. The molecule has 18 heavy (non-hydrogen) atoms. The molecule has 1 aliphatic heterocycles. The Bertz CT molecular complexity index is 427. The molecule has 0 bridgehead atoms. The number of rotatable bonds is 3. The van der Waals surface area contributed by atoms with Crippen molar-refractivity contribution in [3.63, 3.8) is 0 Å². The molecule has 1 N–H and O–H groups in total. The molecule has 1 atom stereocenters. The van der Waals surface area contributed by atoms with E-state index in [2.05, 4.69) is 31.7 Å². The first-order valence-electron chi connectivity index (χ1n) is 6.46. The second-order valence-corrected chi connectivity index (χ2v) is 7.05. The van der Waals surface area contributed by atoms with E-state index < -0.39 is 12.0 Å². The number of hydrogen-bond acceptors (Lipinski definition) is 3. The average Bonchev–Trinajstić information content (AvgIpc) is 2.86. The fraction of sp³-hybridized carbons (Fsp3) is 0.643. The highest BCUT2D eigenvalue weighted by Gasteiger charge is 2.31. The molecule has 4 heteroatoms. The smallest absolute Gasteiger partial charge is 0.326 e. The standard InChI is InChI=1S/C14H21NO2S/c1-14(2,3)11-7-6-10(18-11)12(13(16)17)15-8-4-5-9-15/h6-7,12H,4-5,8-9H2,1-3H3,(H,16,17). The highest BCUT2D eigenvalue weighted by molar-refractivity contribution is 7.12. The van der Waals surface area contributed by atoms with Gasteiger partial charge in [-0.05, 0) is 43.5 Å². The summed E-state index contributed by atoms with van der Waals surface area (Å²) < 4.78 is 0. The number of nitrogens with zero attached hydrogens (tertiary/aromatic N) is 1. The second-order valence-electron chi connectivity index (χ2n) is 5.94. The van der Waals surface area contributed by atoms with Crippen molar-refractivity contribution < 1.29 is 9.90 Å². The van der Waals surface area contributed by atoms with E-state index in [0.717, 1.165) is 30.8 Å². The molecule has 2 heterocycles. The number of thiophene rings is 1. The molecule has 0 amide bonds. The number of hydrogen-bond donors (Lipinski definition) is 1. The van der Waals surface area contributed by atoms with E-state index in [1.807, 2.05) is 6.07 Å². The molecular formula is C14H21NO2S. The zero-order chi connectivity index (χ0) is 13.3. The van der Waals surface area contributed by atoms with Crippen LogP contribution in [-0.4, -0.2) is 29.1 Å². The first-order valence-corrected chi connectivity index (χ1v) is 7.28. The Morgan fingerprint density at radius 1 is 1.33 bits per heavy atom. The van der Waals surface area contributed by atoms with Crippen LogP contribution in [0.15, 0.2) is 12.1 Å². The molecule has 1 aromatic rings. The van der Waals surface area contributed by atoms with Crippen molar-refractivity contribution in [3.8, 4) is 0 Å². The van der Waals surface area contributed by atoms with Crippen molar-refractivity contribution in [2.75, 3.05) is 13.1 Å². The predicted molar refractivity (Wildman–Crippen MR) is 74.2 cm³/mol. The first kappa shape index (κ1) is 13.6. The van der Waals surface area contributed by atoms with Crippen molar-refractivity contribution in [2.45, 2.75) is 45.1 Å². The van der Waals surface area contributed by atoms with Gasteiger partial charge in [0.15, 0.2) is 0 Å². The molecule has 0 spiro atoms. The lowest BCUT2D eigenvalue weighted by Gasteiger charge is -2.22. The third-order valence-electron chi connectivity index (χ3n) is 3.38. The van der Waals surface area contributed by atoms with E-state index in [1.165, 1.54) is 4.88 Å². The summed E-state index contributed by atoms with van der Waals surface area (Å²) in [5.74, 6) is -0.723. The van der Waals surface area contributed by atoms with Crippen LogP contribution in [-0.2, 0) is 10.2 Å². The Labute approximate surface area is 112 Å². The Morgan fingerprint density at radius 2 is 1.94 bits per heavy atom. The summed E-state index contributed by atoms with van der Waals surface area (Å²) in [6.07, 6.45) is 2.22. The number of carbonyl (C=O) groups is 1. The minimum absolute atomic E-state index is 0.0942. The normalized spacial score (nSPS) is 19.1. The van der Waals surface area contributed by atoms with Crippen LogP contribution >= 0.6 is 11.3 Å². The largest absolute Gasteiger partial charge is 0.480 e. The summed E-state index contributed by atoms with van der Waals surface area (Å²) >= 11 is 1.64. The first-order chi connectivity index (χ1) is 8.39. The van der Waals surface area contributed by atoms with Gasteiger partial charge in [0.05, 0.1) is 0 Å². The van der Waals surface area contributed by atoms with E-state index in [0.29, 0.717) is 0 Å². The van der Waals surface area contributed by atoms with Gasteiger partial charge < -0.3 is 5.11 Å². The third-order valence-corrected chi connectivity index (χ3v) is 4.94. The Morgan fingerprint density at radius 3 is 2.39 bits per heavy atom. The summed E-state index contributed by atoms with van der Waals surface area (Å²) in [5.41, 5.74) is 0.0942. The fourth-order valence-electron chi connectivity index (χ4n) is 2.36. The third kappa shape index (κ3) is 2.75. The number of carboxylic acid groups (broad SMARTS) is 1. The van der Waals surface area contributed by atoms with E-state index in [9.17, 15) is 9.90 Å². The fourth-order valence-corrected chi connectivity index (χ4v) is 3.55. The molecule has 100 valence electrons. The molecule has 3 nitrogen and oxygen atoms in total. The number of carboxylic acids is 1. The topological polar surface area (TPSA) is 40.5 Å². The average molecular weight is 267 g/mol. The number of likely N-dealkylation sites (tertiary alicyclic amines) is 1. The van der Waals surface area contributed by atoms with Crippen LogP contribution in [0.4, 0.5) is 0 Å². The van der Waals surface area contributed by atoms with Gasteiger partial charge in [0.2, 0.25) is 0 Å². The van der Waals surface area contributed by atoms with Gasteiger partial charge in [-0.25, -0.2) is 0 Å². The van der Waals surface area contributed by atoms with Crippen LogP contribution < -0.4 is 0 Å². The zero-order valence-corrected chi connectivity index (χ0v) is 12.1. The summed E-state index contributed by atoms with van der Waals surface area (Å²) in [6.45, 7) is 8.29. The molecule has 1 saturated heterocycles. The Kier molecular flexibility index (Phi) is 3.78. The van der Waals surface area contributed by atoms with Gasteiger partial charge in [-0.15, -0.1) is 11.3 Å². The van der Waals surface area contributed by atoms with Crippen molar-refractivity contribution in [1.29, 1.82) is 0 Å². The molecule has 0 aliphatic carbocycles. The maximum Gasteiger partial charge on any atom is 0.326 e. The quantitative estimate of drug-likeness (QED) is 0.913. The molecule has 1 fully saturated rings. The summed E-state index contributed by atoms with van der Waals surface area (Å²) in [4.78, 5) is 15.8. The minimum Gasteiger partial charge on any atom is -0.480 e. The lowest BCUT2D eigenvalue weighted by Crippen LogP contribution is -2.31. The van der Waals surface area contributed by atoms with Gasteiger partial charge in [0, 0.05) is 9.75 Å². The molecule has 0 saturated carbocycles. The van der Waals surface area contributed by atoms with Crippen LogP contribution in [0.3, 0.4) is 0 Å². The van der Waals surface area contributed by atoms with Gasteiger partial charge in [-0.1, -0.05) is 20.8 Å². The van der Waals surface area contributed by atoms with Crippen LogP contribution in [0, 0.1) is 0 Å². The van der Waals surface area contributed by atoms with Crippen molar-refractivity contribution >= 4 is 17.3 Å². The van der Waals surface area contributed by atoms with E-state index in [-0.39, 0.29) is 5.41 Å². The van der Waals surface area contributed by atoms with Crippen LogP contribution in [0.2, 0.25) is 0 Å². The molecule has 2 rings (SSSR count). The van der Waals surface area contributed by atoms with Crippen LogP contribution in [0.25, 0.3) is 0 Å². The van der Waals surface area contributed by atoms with Gasteiger partial charge in [0.25, 0.3) is 0 Å². The highest BCUT2D eigenvalue weighted by atomic mass is 32.1. The van der Waals surface area contributed by atoms with Crippen molar-refractivity contribution in [2.24, 2.45) is 0 Å². The highest BCUT2D eigenvalue weighted by Crippen LogP contribution is 2.35. The van der Waals surface area contributed by atoms with Crippen molar-refractivity contribution in [3.05, 3.63) is 21.9 Å². The molecule has 1 aliphatic rings. The Hall–Kier alpha value is -0.870. The molecule has 0 aromatic carbocycles. The van der Waals surface area contributed by atoms with Gasteiger partial charge in [-0.2, -0.15) is 0 Å². The van der Waals surface area contributed by atoms with E-state index in [1.54, 1.807) is 11.3 Å². The molecular weight excluding hydrogens is 246 g/mol. The predicted octanol–water partition coefficient (Wildman–Crippen LogP) is 3.27. The summed E-state index contributed by atoms with van der Waals surface area (Å²) in [7, 11) is 0. The lowest BCUT2D eigenvalue weighted by molar-refractivity contribution is -0.143.